The molecular formula is C54H47BO3Si2. The fraction of sp³-hybridized carbons (Fsp3) is 0.111. The van der Waals surface area contributed by atoms with Crippen LogP contribution in [0.25, 0.3) is 11.1 Å². The van der Waals surface area contributed by atoms with Gasteiger partial charge in [-0.3, -0.25) is 0 Å². The highest BCUT2D eigenvalue weighted by Crippen LogP contribution is 2.39. The predicted octanol–water partition coefficient (Wildman–Crippen LogP) is 6.51. The van der Waals surface area contributed by atoms with Gasteiger partial charge in [0, 0.05) is 5.56 Å². The maximum absolute atomic E-state index is 7.26. The van der Waals surface area contributed by atoms with Crippen molar-refractivity contribution in [2.45, 2.75) is 38.9 Å². The van der Waals surface area contributed by atoms with E-state index in [9.17, 15) is 0 Å². The van der Waals surface area contributed by atoms with Crippen molar-refractivity contribution >= 4 is 70.2 Å². The highest BCUT2D eigenvalue weighted by Gasteiger charge is 2.53. The quantitative estimate of drug-likeness (QED) is 0.130. The number of fused-ring (bicyclic) bond motifs is 2. The number of rotatable bonds is 8. The third-order valence-electron chi connectivity index (χ3n) is 13.2. The molecule has 2 aliphatic heterocycles. The van der Waals surface area contributed by atoms with Gasteiger partial charge >= 0.3 is 7.12 Å². The maximum Gasteiger partial charge on any atom is 0.494 e. The molecule has 2 aliphatic rings. The van der Waals surface area contributed by atoms with Crippen LogP contribution in [-0.4, -0.2) is 34.5 Å². The Balaban J connectivity index is 1.31. The van der Waals surface area contributed by atoms with E-state index < -0.39 is 34.5 Å². The van der Waals surface area contributed by atoms with Crippen LogP contribution in [0.4, 0.5) is 0 Å². The van der Waals surface area contributed by atoms with Gasteiger partial charge < -0.3 is 14.0 Å². The van der Waals surface area contributed by atoms with Gasteiger partial charge in [0.15, 0.2) is 16.1 Å². The average molecular weight is 811 g/mol. The lowest BCUT2D eigenvalue weighted by Gasteiger charge is -2.40. The Kier molecular flexibility index (Phi) is 9.49. The molecule has 0 amide bonds. The van der Waals surface area contributed by atoms with Gasteiger partial charge in [0.2, 0.25) is 0 Å². The van der Waals surface area contributed by atoms with Crippen molar-refractivity contribution < 1.29 is 14.0 Å². The smallest absolute Gasteiger partial charge is 0.457 e. The zero-order valence-corrected chi connectivity index (χ0v) is 36.5. The fourth-order valence-corrected chi connectivity index (χ4v) is 19.5. The zero-order chi connectivity index (χ0) is 41.0. The van der Waals surface area contributed by atoms with Crippen molar-refractivity contribution in [1.82, 2.24) is 0 Å². The van der Waals surface area contributed by atoms with Gasteiger partial charge in [-0.05, 0) is 86.3 Å². The van der Waals surface area contributed by atoms with Crippen LogP contribution < -0.4 is 51.7 Å². The van der Waals surface area contributed by atoms with Crippen LogP contribution in [0.2, 0.25) is 0 Å². The molecule has 8 aromatic carbocycles. The molecule has 0 spiro atoms. The van der Waals surface area contributed by atoms with E-state index in [1.165, 1.54) is 41.5 Å². The second-order valence-electron chi connectivity index (χ2n) is 17.0. The van der Waals surface area contributed by atoms with E-state index in [-0.39, 0.29) is 0 Å². The molecule has 0 radical (unpaired) electrons. The number of ether oxygens (including phenoxy) is 1. The minimum absolute atomic E-state index is 0.518. The SMILES string of the molecule is CC1(C)OB(c2cc(-c3cccc4c3Oc3ccccc3[Si]4(c3ccccc3)c3ccccc3)cc([Si](c3ccccc3)(c3ccccc3)c3ccccc3)c2)OC1(C)C. The number of hydrogen-bond acceptors (Lipinski definition) is 3. The topological polar surface area (TPSA) is 27.7 Å². The lowest BCUT2D eigenvalue weighted by atomic mass is 9.78. The molecule has 10 rings (SSSR count). The van der Waals surface area contributed by atoms with Crippen LogP contribution >= 0.6 is 0 Å². The Hall–Kier alpha value is -6.02. The fourth-order valence-electron chi connectivity index (χ4n) is 9.66. The highest BCUT2D eigenvalue weighted by atomic mass is 28.3. The molecule has 0 N–H and O–H groups in total. The number of para-hydroxylation sites is 2. The average Bonchev–Trinajstić information content (AvgIpc) is 3.52. The van der Waals surface area contributed by atoms with E-state index in [0.717, 1.165) is 28.1 Å². The van der Waals surface area contributed by atoms with Crippen LogP contribution in [0.15, 0.2) is 212 Å². The normalized spacial score (nSPS) is 16.0. The summed E-state index contributed by atoms with van der Waals surface area (Å²) in [6.07, 6.45) is 0. The van der Waals surface area contributed by atoms with Gasteiger partial charge in [-0.2, -0.15) is 0 Å². The zero-order valence-electron chi connectivity index (χ0n) is 34.5. The molecule has 3 nitrogen and oxygen atoms in total. The van der Waals surface area contributed by atoms with Gasteiger partial charge in [0.05, 0.1) is 11.2 Å². The van der Waals surface area contributed by atoms with Crippen molar-refractivity contribution in [3.05, 3.63) is 212 Å². The summed E-state index contributed by atoms with van der Waals surface area (Å²) in [5, 5.41) is 10.3. The molecule has 6 heteroatoms. The molecule has 1 fully saturated rings. The third-order valence-corrected chi connectivity index (χ3v) is 22.8. The molecule has 0 bridgehead atoms. The second-order valence-corrected chi connectivity index (χ2v) is 24.6. The largest absolute Gasteiger partial charge is 0.494 e. The summed E-state index contributed by atoms with van der Waals surface area (Å²) < 4.78 is 21.1. The minimum atomic E-state index is -2.99. The van der Waals surface area contributed by atoms with Crippen molar-refractivity contribution in [2.75, 3.05) is 0 Å². The van der Waals surface area contributed by atoms with Crippen LogP contribution in [0.1, 0.15) is 27.7 Å². The Morgan fingerprint density at radius 1 is 0.433 bits per heavy atom. The molecule has 292 valence electrons. The standard InChI is InChI=1S/C54H47BO3Si2/c1-53(2)54(3,4)58-55(57-53)41-37-40(38-47(39-41)59(42-23-10-5-11-24-42,43-25-12-6-13-26-43)44-27-14-7-15-28-44)48-33-22-36-51-52(48)56-49-34-20-21-35-50(49)60(51,45-29-16-8-17-30-45)46-31-18-9-19-32-46/h5-39H,1-4H3. The molecule has 0 saturated carbocycles. The first kappa shape index (κ1) is 38.2. The lowest BCUT2D eigenvalue weighted by Crippen LogP contribution is -2.76. The van der Waals surface area contributed by atoms with Crippen molar-refractivity contribution in [3.8, 4) is 22.6 Å². The van der Waals surface area contributed by atoms with Crippen molar-refractivity contribution in [2.24, 2.45) is 0 Å². The monoisotopic (exact) mass is 810 g/mol. The minimum Gasteiger partial charge on any atom is -0.457 e. The van der Waals surface area contributed by atoms with Crippen LogP contribution in [0, 0.1) is 0 Å². The molecule has 0 aromatic heterocycles. The number of hydrogen-bond donors (Lipinski definition) is 0. The first-order valence-electron chi connectivity index (χ1n) is 20.9. The Morgan fingerprint density at radius 3 is 1.40 bits per heavy atom. The van der Waals surface area contributed by atoms with E-state index >= 15 is 0 Å². The summed E-state index contributed by atoms with van der Waals surface area (Å²) in [5.41, 5.74) is 2.06. The molecule has 60 heavy (non-hydrogen) atoms. The second kappa shape index (κ2) is 14.9. The van der Waals surface area contributed by atoms with Crippen LogP contribution in [0.3, 0.4) is 0 Å². The number of benzene rings is 8. The summed E-state index contributed by atoms with van der Waals surface area (Å²) in [6.45, 7) is 8.52. The van der Waals surface area contributed by atoms with E-state index in [1.54, 1.807) is 0 Å². The van der Waals surface area contributed by atoms with Crippen LogP contribution in [0.5, 0.6) is 11.5 Å². The molecule has 1 saturated heterocycles. The highest BCUT2D eigenvalue weighted by molar-refractivity contribution is 7.21. The van der Waals surface area contributed by atoms with Crippen LogP contribution in [-0.2, 0) is 9.31 Å². The Labute approximate surface area is 356 Å². The molecular weight excluding hydrogens is 764 g/mol. The lowest BCUT2D eigenvalue weighted by molar-refractivity contribution is 0.00578. The van der Waals surface area contributed by atoms with Gasteiger partial charge in [-0.1, -0.05) is 206 Å². The predicted molar refractivity (Wildman–Crippen MR) is 255 cm³/mol. The summed E-state index contributed by atoms with van der Waals surface area (Å²) in [6, 6.07) is 78.1. The molecule has 0 unspecified atom stereocenters. The first-order chi connectivity index (χ1) is 29.2. The van der Waals surface area contributed by atoms with Gasteiger partial charge in [0.1, 0.15) is 11.5 Å². The Morgan fingerprint density at radius 2 is 0.883 bits per heavy atom. The summed E-state index contributed by atoms with van der Waals surface area (Å²) in [4.78, 5) is 0. The third kappa shape index (κ3) is 6.01. The Bertz CT molecular complexity index is 2640. The van der Waals surface area contributed by atoms with E-state index in [0.29, 0.717) is 0 Å². The maximum atomic E-state index is 7.26. The molecule has 8 aromatic rings. The van der Waals surface area contributed by atoms with E-state index in [2.05, 4.69) is 240 Å². The summed E-state index contributed by atoms with van der Waals surface area (Å²) in [7, 11) is -6.46. The van der Waals surface area contributed by atoms with Gasteiger partial charge in [0.25, 0.3) is 0 Å². The molecule has 0 aliphatic carbocycles. The van der Waals surface area contributed by atoms with Crippen molar-refractivity contribution in [3.63, 3.8) is 0 Å². The van der Waals surface area contributed by atoms with Gasteiger partial charge in [-0.25, -0.2) is 0 Å². The first-order valence-corrected chi connectivity index (χ1v) is 24.9. The van der Waals surface area contributed by atoms with E-state index in [1.807, 2.05) is 0 Å². The summed E-state index contributed by atoms with van der Waals surface area (Å²) >= 11 is 0. The van der Waals surface area contributed by atoms with Crippen molar-refractivity contribution in [1.29, 1.82) is 0 Å². The summed E-state index contributed by atoms with van der Waals surface area (Å²) in [5.74, 6) is 1.81. The van der Waals surface area contributed by atoms with E-state index in [4.69, 9.17) is 14.0 Å². The molecule has 0 atom stereocenters. The van der Waals surface area contributed by atoms with Gasteiger partial charge in [-0.15, -0.1) is 0 Å². The molecule has 2 heterocycles.